The van der Waals surface area contributed by atoms with Crippen LogP contribution in [0.15, 0.2) is 16.3 Å². The van der Waals surface area contributed by atoms with Crippen molar-refractivity contribution < 1.29 is 13.2 Å². The second-order valence-corrected chi connectivity index (χ2v) is 11.3. The van der Waals surface area contributed by atoms with Crippen LogP contribution in [-0.4, -0.2) is 36.7 Å². The first-order valence-electron chi connectivity index (χ1n) is 8.79. The molecule has 1 amide bonds. The van der Waals surface area contributed by atoms with Crippen molar-refractivity contribution in [1.29, 1.82) is 0 Å². The number of amides is 1. The zero-order valence-electron chi connectivity index (χ0n) is 14.5. The molecule has 0 spiro atoms. The maximum absolute atomic E-state index is 12.8. The molecular weight excluding hydrogens is 390 g/mol. The van der Waals surface area contributed by atoms with Crippen LogP contribution in [0.5, 0.6) is 0 Å². The number of hydrogen-bond acceptors (Lipinski definition) is 6. The van der Waals surface area contributed by atoms with Crippen LogP contribution in [0.2, 0.25) is 0 Å². The molecule has 0 aromatic carbocycles. The molecule has 6 nitrogen and oxygen atoms in total. The van der Waals surface area contributed by atoms with E-state index in [1.54, 1.807) is 17.4 Å². The minimum atomic E-state index is -3.52. The number of nitrogens with zero attached hydrogens (tertiary/aromatic N) is 2. The van der Waals surface area contributed by atoms with E-state index in [-0.39, 0.29) is 18.4 Å². The van der Waals surface area contributed by atoms with E-state index < -0.39 is 10.0 Å². The number of fused-ring (bicyclic) bond motifs is 1. The second kappa shape index (κ2) is 7.03. The van der Waals surface area contributed by atoms with E-state index in [1.165, 1.54) is 20.5 Å². The highest BCUT2D eigenvalue weighted by Gasteiger charge is 2.34. The summed E-state index contributed by atoms with van der Waals surface area (Å²) < 4.78 is 27.4. The molecule has 1 atom stereocenters. The number of aromatic nitrogens is 1. The van der Waals surface area contributed by atoms with Gasteiger partial charge < -0.3 is 5.32 Å². The summed E-state index contributed by atoms with van der Waals surface area (Å²) in [5, 5.41) is 3.55. The minimum Gasteiger partial charge on any atom is -0.302 e. The highest BCUT2D eigenvalue weighted by molar-refractivity contribution is 7.91. The molecule has 2 aromatic rings. The van der Waals surface area contributed by atoms with E-state index in [9.17, 15) is 13.2 Å². The molecule has 140 valence electrons. The Labute approximate surface area is 161 Å². The van der Waals surface area contributed by atoms with E-state index >= 15 is 0 Å². The molecule has 0 bridgehead atoms. The Bertz CT molecular complexity index is 911. The van der Waals surface area contributed by atoms with Crippen molar-refractivity contribution in [3.8, 4) is 0 Å². The lowest BCUT2D eigenvalue weighted by molar-refractivity contribution is -0.120. The van der Waals surface area contributed by atoms with Gasteiger partial charge in [0.15, 0.2) is 5.13 Å². The lowest BCUT2D eigenvalue weighted by atomic mass is 9.99. The first kappa shape index (κ1) is 18.1. The van der Waals surface area contributed by atoms with Crippen LogP contribution in [0.1, 0.15) is 34.7 Å². The highest BCUT2D eigenvalue weighted by atomic mass is 32.2. The zero-order chi connectivity index (χ0) is 18.3. The summed E-state index contributed by atoms with van der Waals surface area (Å²) in [7, 11) is -3.52. The third-order valence-corrected chi connectivity index (χ3v) is 9.30. The SMILES string of the molecule is Cc1ccc(S(=O)(=O)N2CCC[C@@H](C(=O)Nc3nc4c(s3)CCC4)C2)s1. The van der Waals surface area contributed by atoms with Gasteiger partial charge in [-0.3, -0.25) is 4.79 Å². The van der Waals surface area contributed by atoms with Gasteiger partial charge in [0.1, 0.15) is 4.21 Å². The van der Waals surface area contributed by atoms with Gasteiger partial charge in [0.05, 0.1) is 11.6 Å². The molecule has 26 heavy (non-hydrogen) atoms. The summed E-state index contributed by atoms with van der Waals surface area (Å²) in [4.78, 5) is 19.4. The van der Waals surface area contributed by atoms with Crippen molar-refractivity contribution in [2.75, 3.05) is 18.4 Å². The number of rotatable bonds is 4. The Balaban J connectivity index is 1.45. The van der Waals surface area contributed by atoms with Gasteiger partial charge in [-0.25, -0.2) is 13.4 Å². The molecule has 0 unspecified atom stereocenters. The van der Waals surface area contributed by atoms with Crippen LogP contribution in [0.25, 0.3) is 0 Å². The molecule has 9 heteroatoms. The quantitative estimate of drug-likeness (QED) is 0.839. The average molecular weight is 412 g/mol. The zero-order valence-corrected chi connectivity index (χ0v) is 17.0. The smallest absolute Gasteiger partial charge is 0.252 e. The van der Waals surface area contributed by atoms with Gasteiger partial charge >= 0.3 is 0 Å². The third-order valence-electron chi connectivity index (χ3n) is 4.89. The van der Waals surface area contributed by atoms with Gasteiger partial charge in [-0.2, -0.15) is 4.31 Å². The van der Waals surface area contributed by atoms with Gasteiger partial charge in [-0.15, -0.1) is 22.7 Å². The molecule has 1 N–H and O–H groups in total. The molecule has 4 rings (SSSR count). The van der Waals surface area contributed by atoms with Crippen LogP contribution < -0.4 is 5.32 Å². The number of nitrogens with one attached hydrogen (secondary N) is 1. The number of sulfonamides is 1. The van der Waals surface area contributed by atoms with E-state index in [0.717, 1.165) is 29.8 Å². The number of aryl methyl sites for hydroxylation is 3. The fraction of sp³-hybridized carbons (Fsp3) is 0.529. The molecule has 2 aliphatic rings. The first-order valence-corrected chi connectivity index (χ1v) is 11.9. The van der Waals surface area contributed by atoms with Gasteiger partial charge in [0, 0.05) is 22.8 Å². The number of carbonyl (C=O) groups is 1. The van der Waals surface area contributed by atoms with Crippen LogP contribution in [0.4, 0.5) is 5.13 Å². The summed E-state index contributed by atoms with van der Waals surface area (Å²) in [6.07, 6.45) is 4.55. The van der Waals surface area contributed by atoms with Crippen LogP contribution in [0, 0.1) is 12.8 Å². The van der Waals surface area contributed by atoms with Crippen LogP contribution in [-0.2, 0) is 27.7 Å². The van der Waals surface area contributed by atoms with Gasteiger partial charge in [-0.05, 0) is 51.2 Å². The van der Waals surface area contributed by atoms with Gasteiger partial charge in [-0.1, -0.05) is 0 Å². The maximum Gasteiger partial charge on any atom is 0.252 e. The molecule has 3 heterocycles. The fourth-order valence-corrected chi connectivity index (χ4v) is 7.52. The molecule has 1 fully saturated rings. The van der Waals surface area contributed by atoms with Gasteiger partial charge in [0.2, 0.25) is 5.91 Å². The summed E-state index contributed by atoms with van der Waals surface area (Å²) in [5.74, 6) is -0.460. The molecule has 0 radical (unpaired) electrons. The predicted molar refractivity (Wildman–Crippen MR) is 103 cm³/mol. The van der Waals surface area contributed by atoms with Crippen molar-refractivity contribution in [2.24, 2.45) is 5.92 Å². The number of thiazole rings is 1. The lowest BCUT2D eigenvalue weighted by Gasteiger charge is -2.30. The van der Waals surface area contributed by atoms with Crippen molar-refractivity contribution >= 4 is 43.7 Å². The Kier molecular flexibility index (Phi) is 4.89. The van der Waals surface area contributed by atoms with Crippen molar-refractivity contribution in [3.63, 3.8) is 0 Å². The first-order chi connectivity index (χ1) is 12.4. The summed E-state index contributed by atoms with van der Waals surface area (Å²) in [6.45, 7) is 2.59. The number of piperidine rings is 1. The predicted octanol–water partition coefficient (Wildman–Crippen LogP) is 3.04. The molecule has 1 aliphatic heterocycles. The Morgan fingerprint density at radius 3 is 2.85 bits per heavy atom. The van der Waals surface area contributed by atoms with Crippen molar-refractivity contribution in [1.82, 2.24) is 9.29 Å². The monoisotopic (exact) mass is 411 g/mol. The Morgan fingerprint density at radius 2 is 2.12 bits per heavy atom. The summed E-state index contributed by atoms with van der Waals surface area (Å²) >= 11 is 2.82. The van der Waals surface area contributed by atoms with Crippen molar-refractivity contribution in [2.45, 2.75) is 43.2 Å². The van der Waals surface area contributed by atoms with Crippen LogP contribution >= 0.6 is 22.7 Å². The largest absolute Gasteiger partial charge is 0.302 e. The topological polar surface area (TPSA) is 79.4 Å². The fourth-order valence-electron chi connectivity index (χ4n) is 3.50. The standard InChI is InChI=1S/C17H21N3O3S3/c1-11-7-8-15(24-11)26(22,23)20-9-3-4-12(10-20)16(21)19-17-18-13-5-2-6-14(13)25-17/h7-8,12H,2-6,9-10H2,1H3,(H,18,19,21)/t12-/m1/s1. The average Bonchev–Trinajstić information content (AvgIpc) is 3.31. The minimum absolute atomic E-state index is 0.125. The molecule has 0 saturated carbocycles. The number of carbonyl (C=O) groups excluding carboxylic acids is 1. The number of thiophene rings is 1. The summed E-state index contributed by atoms with van der Waals surface area (Å²) in [6, 6.07) is 3.46. The Morgan fingerprint density at radius 1 is 1.27 bits per heavy atom. The molecular formula is C17H21N3O3S3. The van der Waals surface area contributed by atoms with E-state index in [4.69, 9.17) is 0 Å². The number of hydrogen-bond donors (Lipinski definition) is 1. The lowest BCUT2D eigenvalue weighted by Crippen LogP contribution is -2.43. The highest BCUT2D eigenvalue weighted by Crippen LogP contribution is 2.32. The maximum atomic E-state index is 12.8. The normalized spacial score (nSPS) is 20.9. The number of anilines is 1. The molecule has 1 aliphatic carbocycles. The molecule has 1 saturated heterocycles. The van der Waals surface area contributed by atoms with Gasteiger partial charge in [0.25, 0.3) is 10.0 Å². The Hall–Kier alpha value is -1.29. The van der Waals surface area contributed by atoms with E-state index in [2.05, 4.69) is 10.3 Å². The van der Waals surface area contributed by atoms with E-state index in [1.807, 2.05) is 13.0 Å². The summed E-state index contributed by atoms with van der Waals surface area (Å²) in [5.41, 5.74) is 1.10. The second-order valence-electron chi connectivity index (χ2n) is 6.80. The molecule has 2 aromatic heterocycles. The third kappa shape index (κ3) is 3.45. The van der Waals surface area contributed by atoms with E-state index in [0.29, 0.717) is 28.7 Å². The van der Waals surface area contributed by atoms with Crippen LogP contribution in [0.3, 0.4) is 0 Å². The van der Waals surface area contributed by atoms with Crippen molar-refractivity contribution in [3.05, 3.63) is 27.6 Å².